The van der Waals surface area contributed by atoms with E-state index in [0.717, 1.165) is 36.9 Å². The highest BCUT2D eigenvalue weighted by Gasteiger charge is 2.25. The van der Waals surface area contributed by atoms with Crippen molar-refractivity contribution in [1.29, 1.82) is 0 Å². The van der Waals surface area contributed by atoms with Gasteiger partial charge in [0.2, 0.25) is 0 Å². The van der Waals surface area contributed by atoms with Crippen molar-refractivity contribution in [2.45, 2.75) is 32.4 Å². The maximum Gasteiger partial charge on any atom is 0.294 e. The summed E-state index contributed by atoms with van der Waals surface area (Å²) in [4.78, 5) is 4.65. The average Bonchev–Trinajstić information content (AvgIpc) is 3.03. The van der Waals surface area contributed by atoms with E-state index in [1.54, 1.807) is 6.20 Å². The summed E-state index contributed by atoms with van der Waals surface area (Å²) in [5.74, 6) is 0.958. The second kappa shape index (κ2) is 7.65. The first kappa shape index (κ1) is 16.1. The molecule has 1 saturated heterocycles. The largest absolute Gasteiger partial charge is 0.469 e. The molecule has 0 N–H and O–H groups in total. The Morgan fingerprint density at radius 2 is 2.30 bits per heavy atom. The fourth-order valence-corrected chi connectivity index (χ4v) is 3.62. The van der Waals surface area contributed by atoms with Gasteiger partial charge in [0.1, 0.15) is 5.01 Å². The second-order valence-electron chi connectivity index (χ2n) is 5.63. The lowest BCUT2D eigenvalue weighted by Gasteiger charge is -2.37. The lowest BCUT2D eigenvalue weighted by Crippen LogP contribution is -2.46. The Morgan fingerprint density at radius 1 is 1.39 bits per heavy atom. The van der Waals surface area contributed by atoms with Gasteiger partial charge in [0.15, 0.2) is 5.82 Å². The molecule has 23 heavy (non-hydrogen) atoms. The molecule has 0 amide bonds. The van der Waals surface area contributed by atoms with Crippen LogP contribution in [0.2, 0.25) is 0 Å². The van der Waals surface area contributed by atoms with Crippen LogP contribution in [0.15, 0.2) is 18.3 Å². The van der Waals surface area contributed by atoms with Gasteiger partial charge >= 0.3 is 0 Å². The summed E-state index contributed by atoms with van der Waals surface area (Å²) in [5, 5.41) is 18.1. The molecule has 0 bridgehead atoms. The maximum atomic E-state index is 5.39. The Morgan fingerprint density at radius 3 is 3.09 bits per heavy atom. The molecule has 1 aliphatic heterocycles. The summed E-state index contributed by atoms with van der Waals surface area (Å²) < 4.78 is 5.39. The highest BCUT2D eigenvalue weighted by molar-refractivity contribution is 7.13. The fourth-order valence-electron chi connectivity index (χ4n) is 2.81. The molecule has 2 aromatic heterocycles. The zero-order valence-electron chi connectivity index (χ0n) is 13.6. The lowest BCUT2D eigenvalue weighted by atomic mass is 10.0. The molecule has 0 spiro atoms. The topological polar surface area (TPSA) is 67.3 Å². The van der Waals surface area contributed by atoms with Crippen LogP contribution in [-0.4, -0.2) is 58.1 Å². The monoisotopic (exact) mass is 334 g/mol. The number of ether oxygens (including phenoxy) is 1. The van der Waals surface area contributed by atoms with Gasteiger partial charge in [0.05, 0.1) is 13.2 Å². The number of hydrogen-bond acceptors (Lipinski definition) is 8. The van der Waals surface area contributed by atoms with Gasteiger partial charge in [-0.25, -0.2) is 0 Å². The Kier molecular flexibility index (Phi) is 5.35. The Bertz CT molecular complexity index is 607. The Labute approximate surface area is 140 Å². The number of nitrogens with zero attached hydrogens (tertiary/aromatic N) is 6. The third-order valence-electron chi connectivity index (χ3n) is 4.00. The van der Waals surface area contributed by atoms with Crippen molar-refractivity contribution in [3.63, 3.8) is 0 Å². The molecular weight excluding hydrogens is 312 g/mol. The molecule has 1 aliphatic rings. The van der Waals surface area contributed by atoms with Crippen molar-refractivity contribution in [1.82, 2.24) is 25.3 Å². The highest BCUT2D eigenvalue weighted by atomic mass is 32.1. The summed E-state index contributed by atoms with van der Waals surface area (Å²) >= 11 is 1.52. The number of likely N-dealkylation sites (N-methyl/N-ethyl adjacent to an activating group) is 1. The molecule has 0 radical (unpaired) electrons. The van der Waals surface area contributed by atoms with E-state index in [1.807, 2.05) is 19.1 Å². The van der Waals surface area contributed by atoms with Gasteiger partial charge in [-0.05, 0) is 38.9 Å². The van der Waals surface area contributed by atoms with E-state index in [0.29, 0.717) is 17.8 Å². The molecular formula is C15H22N6OS. The smallest absolute Gasteiger partial charge is 0.294 e. The van der Waals surface area contributed by atoms with E-state index in [9.17, 15) is 0 Å². The number of rotatable bonds is 6. The first-order chi connectivity index (χ1) is 11.3. The van der Waals surface area contributed by atoms with Crippen LogP contribution in [0.4, 0.5) is 5.82 Å². The normalized spacial score (nSPS) is 18.4. The highest BCUT2D eigenvalue weighted by Crippen LogP contribution is 2.23. The zero-order chi connectivity index (χ0) is 16.1. The molecule has 3 heterocycles. The number of hydrogen-bond donors (Lipinski definition) is 0. The number of anilines is 1. The van der Waals surface area contributed by atoms with Gasteiger partial charge < -0.3 is 9.64 Å². The van der Waals surface area contributed by atoms with Gasteiger partial charge in [-0.3, -0.25) is 4.90 Å². The SMILES string of the molecule is CCOc1nnc(CN(C)C2CCCN(c3cccnn3)C2)s1. The van der Waals surface area contributed by atoms with Crippen LogP contribution in [0, 0.1) is 0 Å². The zero-order valence-corrected chi connectivity index (χ0v) is 14.4. The minimum Gasteiger partial charge on any atom is -0.469 e. The Hall–Kier alpha value is -1.80. The number of piperidine rings is 1. The van der Waals surface area contributed by atoms with Gasteiger partial charge in [0.25, 0.3) is 5.19 Å². The first-order valence-electron chi connectivity index (χ1n) is 7.94. The second-order valence-corrected chi connectivity index (χ2v) is 6.66. The van der Waals surface area contributed by atoms with Crippen molar-refractivity contribution >= 4 is 17.2 Å². The van der Waals surface area contributed by atoms with E-state index < -0.39 is 0 Å². The van der Waals surface area contributed by atoms with Crippen molar-refractivity contribution in [3.05, 3.63) is 23.3 Å². The molecule has 1 atom stereocenters. The third kappa shape index (κ3) is 4.14. The van der Waals surface area contributed by atoms with Gasteiger partial charge in [0, 0.05) is 25.3 Å². The minimum absolute atomic E-state index is 0.477. The van der Waals surface area contributed by atoms with E-state index in [2.05, 4.69) is 37.2 Å². The van der Waals surface area contributed by atoms with Crippen molar-refractivity contribution < 1.29 is 4.74 Å². The van der Waals surface area contributed by atoms with E-state index in [1.165, 1.54) is 17.8 Å². The van der Waals surface area contributed by atoms with Crippen LogP contribution in [0.5, 0.6) is 5.19 Å². The van der Waals surface area contributed by atoms with E-state index in [-0.39, 0.29) is 0 Å². The molecule has 124 valence electrons. The van der Waals surface area contributed by atoms with Crippen LogP contribution in [0.1, 0.15) is 24.8 Å². The standard InChI is InChI=1S/C15H22N6OS/c1-3-22-15-19-18-14(23-15)11-20(2)12-6-5-9-21(10-12)13-7-4-8-16-17-13/h4,7-8,12H,3,5-6,9-11H2,1-2H3. The molecule has 1 fully saturated rings. The van der Waals surface area contributed by atoms with E-state index in [4.69, 9.17) is 4.74 Å². The molecule has 0 saturated carbocycles. The molecule has 1 unspecified atom stereocenters. The first-order valence-corrected chi connectivity index (χ1v) is 8.76. The van der Waals surface area contributed by atoms with Crippen LogP contribution in [-0.2, 0) is 6.54 Å². The molecule has 8 heteroatoms. The molecule has 2 aromatic rings. The maximum absolute atomic E-state index is 5.39. The van der Waals surface area contributed by atoms with Crippen molar-refractivity contribution in [3.8, 4) is 5.19 Å². The van der Waals surface area contributed by atoms with E-state index >= 15 is 0 Å². The van der Waals surface area contributed by atoms with Crippen LogP contribution < -0.4 is 9.64 Å². The lowest BCUT2D eigenvalue weighted by molar-refractivity contribution is 0.207. The molecule has 3 rings (SSSR count). The minimum atomic E-state index is 0.477. The quantitative estimate of drug-likeness (QED) is 0.798. The molecule has 0 aliphatic carbocycles. The van der Waals surface area contributed by atoms with Crippen molar-refractivity contribution in [2.24, 2.45) is 0 Å². The van der Waals surface area contributed by atoms with Crippen LogP contribution >= 0.6 is 11.3 Å². The molecule has 7 nitrogen and oxygen atoms in total. The Balaban J connectivity index is 1.59. The van der Waals surface area contributed by atoms with Gasteiger partial charge in [-0.1, -0.05) is 11.3 Å². The predicted molar refractivity (Wildman–Crippen MR) is 89.8 cm³/mol. The summed E-state index contributed by atoms with van der Waals surface area (Å²) in [6, 6.07) is 4.44. The van der Waals surface area contributed by atoms with Crippen molar-refractivity contribution in [2.75, 3.05) is 31.6 Å². The average molecular weight is 334 g/mol. The summed E-state index contributed by atoms with van der Waals surface area (Å²) in [5.41, 5.74) is 0. The van der Waals surface area contributed by atoms with Crippen LogP contribution in [0.3, 0.4) is 0 Å². The third-order valence-corrected chi connectivity index (χ3v) is 4.82. The number of aromatic nitrogens is 4. The summed E-state index contributed by atoms with van der Waals surface area (Å²) in [6.45, 7) is 5.38. The molecule has 0 aromatic carbocycles. The summed E-state index contributed by atoms with van der Waals surface area (Å²) in [6.07, 6.45) is 4.05. The van der Waals surface area contributed by atoms with Gasteiger partial charge in [-0.15, -0.1) is 15.3 Å². The van der Waals surface area contributed by atoms with Crippen LogP contribution in [0.25, 0.3) is 0 Å². The summed E-state index contributed by atoms with van der Waals surface area (Å²) in [7, 11) is 2.15. The predicted octanol–water partition coefficient (Wildman–Crippen LogP) is 1.83. The van der Waals surface area contributed by atoms with Gasteiger partial charge in [-0.2, -0.15) is 5.10 Å². The fraction of sp³-hybridized carbons (Fsp3) is 0.600.